The van der Waals surface area contributed by atoms with E-state index < -0.39 is 0 Å². The van der Waals surface area contributed by atoms with Gasteiger partial charge in [0.2, 0.25) is 0 Å². The van der Waals surface area contributed by atoms with Crippen LogP contribution in [0.4, 0.5) is 0 Å². The van der Waals surface area contributed by atoms with Gasteiger partial charge in [-0.2, -0.15) is 0 Å². The highest BCUT2D eigenvalue weighted by Crippen LogP contribution is 2.27. The van der Waals surface area contributed by atoms with Crippen LogP contribution < -0.4 is 20.1 Å². The first-order valence-electron chi connectivity index (χ1n) is 7.98. The summed E-state index contributed by atoms with van der Waals surface area (Å²) in [5.74, 6) is 2.34. The largest absolute Gasteiger partial charge is 0.493 e. The first kappa shape index (κ1) is 22.8. The van der Waals surface area contributed by atoms with E-state index in [4.69, 9.17) is 9.47 Å². The van der Waals surface area contributed by atoms with Crippen LogP contribution in [-0.4, -0.2) is 65.4 Å². The van der Waals surface area contributed by atoms with Crippen LogP contribution in [0.25, 0.3) is 0 Å². The molecule has 6 nitrogen and oxygen atoms in total. The number of rotatable bonds is 9. The first-order valence-corrected chi connectivity index (χ1v) is 7.98. The van der Waals surface area contributed by atoms with Crippen molar-refractivity contribution in [2.75, 3.05) is 54.5 Å². The molecule has 0 aliphatic rings. The van der Waals surface area contributed by atoms with Crippen LogP contribution in [0.5, 0.6) is 11.5 Å². The van der Waals surface area contributed by atoms with E-state index >= 15 is 0 Å². The second-order valence-electron chi connectivity index (χ2n) is 5.26. The lowest BCUT2D eigenvalue weighted by molar-refractivity contribution is 0.354. The average molecular weight is 450 g/mol. The van der Waals surface area contributed by atoms with E-state index in [2.05, 4.69) is 40.6 Å². The Hall–Kier alpha value is -1.22. The molecule has 24 heavy (non-hydrogen) atoms. The number of likely N-dealkylation sites (N-methyl/N-ethyl adjacent to an activating group) is 1. The first-order chi connectivity index (χ1) is 11.1. The number of benzene rings is 1. The van der Waals surface area contributed by atoms with Gasteiger partial charge in [-0.15, -0.1) is 24.0 Å². The molecule has 0 spiro atoms. The summed E-state index contributed by atoms with van der Waals surface area (Å²) in [5, 5.41) is 6.64. The monoisotopic (exact) mass is 450 g/mol. The minimum atomic E-state index is 0. The molecule has 0 saturated heterocycles. The fraction of sp³-hybridized carbons (Fsp3) is 0.588. The van der Waals surface area contributed by atoms with Crippen LogP contribution in [0.2, 0.25) is 0 Å². The van der Waals surface area contributed by atoms with Crippen LogP contribution in [0.3, 0.4) is 0 Å². The molecule has 0 heterocycles. The summed E-state index contributed by atoms with van der Waals surface area (Å²) in [7, 11) is 7.19. The van der Waals surface area contributed by atoms with E-state index in [1.54, 1.807) is 21.3 Å². The van der Waals surface area contributed by atoms with Crippen molar-refractivity contribution in [3.05, 3.63) is 23.8 Å². The van der Waals surface area contributed by atoms with E-state index in [0.29, 0.717) is 0 Å². The lowest BCUT2D eigenvalue weighted by Crippen LogP contribution is -2.41. The van der Waals surface area contributed by atoms with Crippen LogP contribution >= 0.6 is 24.0 Å². The minimum absolute atomic E-state index is 0. The second-order valence-corrected chi connectivity index (χ2v) is 5.26. The van der Waals surface area contributed by atoms with Gasteiger partial charge in [-0.1, -0.05) is 13.0 Å². The highest BCUT2D eigenvalue weighted by atomic mass is 127. The third kappa shape index (κ3) is 8.05. The Balaban J connectivity index is 0.00000529. The van der Waals surface area contributed by atoms with Crippen LogP contribution in [0, 0.1) is 0 Å². The predicted octanol–water partition coefficient (Wildman–Crippen LogP) is 1.98. The number of hydrogen-bond donors (Lipinski definition) is 2. The number of ether oxygens (including phenoxy) is 2. The number of halogens is 1. The molecule has 0 atom stereocenters. The molecule has 0 fully saturated rings. The number of hydrogen-bond acceptors (Lipinski definition) is 4. The van der Waals surface area contributed by atoms with Crippen LogP contribution in [0.15, 0.2) is 23.2 Å². The van der Waals surface area contributed by atoms with E-state index in [1.165, 1.54) is 5.56 Å². The molecule has 1 aromatic carbocycles. The Kier molecular flexibility index (Phi) is 12.4. The van der Waals surface area contributed by atoms with Gasteiger partial charge >= 0.3 is 0 Å². The van der Waals surface area contributed by atoms with Gasteiger partial charge in [-0.25, -0.2) is 0 Å². The Morgan fingerprint density at radius 3 is 2.38 bits per heavy atom. The molecule has 1 aromatic rings. The summed E-state index contributed by atoms with van der Waals surface area (Å²) in [6.45, 7) is 5.87. The summed E-state index contributed by atoms with van der Waals surface area (Å²) in [4.78, 5) is 6.49. The molecule has 0 aliphatic carbocycles. The van der Waals surface area contributed by atoms with E-state index in [1.807, 2.05) is 12.1 Å². The fourth-order valence-corrected chi connectivity index (χ4v) is 2.11. The van der Waals surface area contributed by atoms with Crippen molar-refractivity contribution in [1.29, 1.82) is 0 Å². The zero-order valence-corrected chi connectivity index (χ0v) is 17.7. The van der Waals surface area contributed by atoms with Crippen molar-refractivity contribution >= 4 is 29.9 Å². The van der Waals surface area contributed by atoms with Crippen LogP contribution in [0.1, 0.15) is 12.5 Å². The SMILES string of the molecule is CCN(C)CCNC(=NC)NCCc1ccc(OC)c(OC)c1.I. The number of nitrogens with one attached hydrogen (secondary N) is 2. The molecule has 0 aliphatic heterocycles. The summed E-state index contributed by atoms with van der Waals surface area (Å²) in [5.41, 5.74) is 1.19. The number of guanidine groups is 1. The van der Waals surface area contributed by atoms with Crippen molar-refractivity contribution in [1.82, 2.24) is 15.5 Å². The molecule has 1 rings (SSSR count). The summed E-state index contributed by atoms with van der Waals surface area (Å²) in [6, 6.07) is 5.99. The fourth-order valence-electron chi connectivity index (χ4n) is 2.11. The summed E-state index contributed by atoms with van der Waals surface area (Å²) in [6.07, 6.45) is 0.885. The molecule has 7 heteroatoms. The number of methoxy groups -OCH3 is 2. The molecule has 0 radical (unpaired) electrons. The van der Waals surface area contributed by atoms with Crippen LogP contribution in [-0.2, 0) is 6.42 Å². The average Bonchev–Trinajstić information content (AvgIpc) is 2.59. The highest BCUT2D eigenvalue weighted by molar-refractivity contribution is 14.0. The van der Waals surface area contributed by atoms with E-state index in [-0.39, 0.29) is 24.0 Å². The molecule has 0 unspecified atom stereocenters. The molecule has 0 amide bonds. The zero-order valence-electron chi connectivity index (χ0n) is 15.4. The van der Waals surface area contributed by atoms with E-state index in [9.17, 15) is 0 Å². The van der Waals surface area contributed by atoms with Gasteiger partial charge in [0, 0.05) is 26.7 Å². The van der Waals surface area contributed by atoms with Crippen molar-refractivity contribution in [3.63, 3.8) is 0 Å². The molecule has 138 valence electrons. The zero-order chi connectivity index (χ0) is 17.1. The third-order valence-corrected chi connectivity index (χ3v) is 3.70. The van der Waals surface area contributed by atoms with Gasteiger partial charge in [-0.05, 0) is 37.7 Å². The number of aliphatic imine (C=N–C) groups is 1. The second kappa shape index (κ2) is 13.1. The quantitative estimate of drug-likeness (QED) is 0.343. The molecule has 0 bridgehead atoms. The smallest absolute Gasteiger partial charge is 0.191 e. The Morgan fingerprint density at radius 2 is 1.79 bits per heavy atom. The van der Waals surface area contributed by atoms with Gasteiger partial charge in [0.1, 0.15) is 0 Å². The highest BCUT2D eigenvalue weighted by Gasteiger charge is 2.05. The Morgan fingerprint density at radius 1 is 1.12 bits per heavy atom. The Bertz CT molecular complexity index is 497. The summed E-state index contributed by atoms with van der Waals surface area (Å²) < 4.78 is 10.6. The third-order valence-electron chi connectivity index (χ3n) is 3.70. The lowest BCUT2D eigenvalue weighted by atomic mass is 10.1. The maximum Gasteiger partial charge on any atom is 0.191 e. The maximum atomic E-state index is 5.33. The predicted molar refractivity (Wildman–Crippen MR) is 111 cm³/mol. The molecule has 0 aromatic heterocycles. The van der Waals surface area contributed by atoms with Crippen molar-refractivity contribution in [2.24, 2.45) is 4.99 Å². The van der Waals surface area contributed by atoms with E-state index in [0.717, 1.165) is 50.1 Å². The maximum absolute atomic E-state index is 5.33. The van der Waals surface area contributed by atoms with Gasteiger partial charge < -0.3 is 25.0 Å². The number of nitrogens with zero attached hydrogens (tertiary/aromatic N) is 2. The lowest BCUT2D eigenvalue weighted by Gasteiger charge is -2.16. The van der Waals surface area contributed by atoms with Crippen molar-refractivity contribution < 1.29 is 9.47 Å². The molecular formula is C17H31IN4O2. The van der Waals surface area contributed by atoms with Gasteiger partial charge in [-0.3, -0.25) is 4.99 Å². The summed E-state index contributed by atoms with van der Waals surface area (Å²) >= 11 is 0. The van der Waals surface area contributed by atoms with Crippen molar-refractivity contribution in [3.8, 4) is 11.5 Å². The standard InChI is InChI=1S/C17H30N4O2.HI/c1-6-21(3)12-11-20-17(18-2)19-10-9-14-7-8-15(22-4)16(13-14)23-5;/h7-8,13H,6,9-12H2,1-5H3,(H2,18,19,20);1H. The molecular weight excluding hydrogens is 419 g/mol. The Labute approximate surface area is 163 Å². The minimum Gasteiger partial charge on any atom is -0.493 e. The topological polar surface area (TPSA) is 58.1 Å². The van der Waals surface area contributed by atoms with Gasteiger partial charge in [0.25, 0.3) is 0 Å². The molecule has 0 saturated carbocycles. The molecule has 2 N–H and O–H groups in total. The van der Waals surface area contributed by atoms with Gasteiger partial charge in [0.15, 0.2) is 17.5 Å². The normalized spacial score (nSPS) is 11.0. The van der Waals surface area contributed by atoms with Gasteiger partial charge in [0.05, 0.1) is 14.2 Å². The van der Waals surface area contributed by atoms with Crippen molar-refractivity contribution in [2.45, 2.75) is 13.3 Å².